The van der Waals surface area contributed by atoms with Crippen LogP contribution in [0.4, 0.5) is 8.78 Å². The molecule has 0 saturated carbocycles. The van der Waals surface area contributed by atoms with Crippen molar-refractivity contribution in [3.8, 4) is 0 Å². The number of hydrogen-bond acceptors (Lipinski definition) is 2. The average Bonchev–Trinajstić information content (AvgIpc) is 2.71. The summed E-state index contributed by atoms with van der Waals surface area (Å²) in [5.74, 6) is -1.70. The minimum Gasteiger partial charge on any atom is -0.378 e. The first-order chi connectivity index (χ1) is 9.08. The fourth-order valence-electron chi connectivity index (χ4n) is 2.71. The van der Waals surface area contributed by atoms with Crippen molar-refractivity contribution >= 4 is 23.3 Å². The van der Waals surface area contributed by atoms with E-state index in [2.05, 4.69) is 4.98 Å². The van der Waals surface area contributed by atoms with Crippen molar-refractivity contribution in [3.05, 3.63) is 28.5 Å². The van der Waals surface area contributed by atoms with E-state index in [1.54, 1.807) is 4.57 Å². The number of aromatic nitrogens is 2. The molecule has 1 fully saturated rings. The van der Waals surface area contributed by atoms with Crippen LogP contribution in [-0.2, 0) is 4.74 Å². The van der Waals surface area contributed by atoms with E-state index >= 15 is 0 Å². The second-order valence-electron chi connectivity index (χ2n) is 4.92. The first-order valence-electron chi connectivity index (χ1n) is 6.27. The highest BCUT2D eigenvalue weighted by atomic mass is 32.1. The van der Waals surface area contributed by atoms with Gasteiger partial charge in [0.05, 0.1) is 11.6 Å². The third-order valence-electron chi connectivity index (χ3n) is 3.59. The second-order valence-corrected chi connectivity index (χ2v) is 5.30. The van der Waals surface area contributed by atoms with Crippen molar-refractivity contribution in [1.82, 2.24) is 9.55 Å². The number of nitrogens with one attached hydrogen (secondary N) is 1. The van der Waals surface area contributed by atoms with Crippen LogP contribution in [0.5, 0.6) is 0 Å². The quantitative estimate of drug-likeness (QED) is 0.809. The van der Waals surface area contributed by atoms with Gasteiger partial charge in [0.2, 0.25) is 0 Å². The smallest absolute Gasteiger partial charge is 0.184 e. The summed E-state index contributed by atoms with van der Waals surface area (Å²) in [5, 5.41) is 0. The third kappa shape index (κ3) is 2.08. The Hall–Kier alpha value is -1.27. The summed E-state index contributed by atoms with van der Waals surface area (Å²) in [6.45, 7) is 2.58. The minimum atomic E-state index is -0.852. The third-order valence-corrected chi connectivity index (χ3v) is 3.89. The molecule has 1 aliphatic rings. The van der Waals surface area contributed by atoms with Crippen LogP contribution < -0.4 is 0 Å². The molecule has 3 nitrogen and oxygen atoms in total. The van der Waals surface area contributed by atoms with Crippen LogP contribution in [0, 0.1) is 16.4 Å². The van der Waals surface area contributed by atoms with Crippen LogP contribution in [0.1, 0.15) is 25.8 Å². The molecule has 2 heterocycles. The van der Waals surface area contributed by atoms with E-state index in [4.69, 9.17) is 17.0 Å². The van der Waals surface area contributed by atoms with Gasteiger partial charge >= 0.3 is 0 Å². The Morgan fingerprint density at radius 3 is 2.95 bits per heavy atom. The molecule has 1 saturated heterocycles. The van der Waals surface area contributed by atoms with E-state index in [0.29, 0.717) is 16.9 Å². The van der Waals surface area contributed by atoms with Crippen molar-refractivity contribution in [1.29, 1.82) is 0 Å². The molecule has 2 aromatic rings. The molecule has 1 aromatic heterocycles. The Morgan fingerprint density at radius 2 is 2.21 bits per heavy atom. The highest BCUT2D eigenvalue weighted by Crippen LogP contribution is 2.30. The lowest BCUT2D eigenvalue weighted by atomic mass is 10.0. The summed E-state index contributed by atoms with van der Waals surface area (Å²) in [7, 11) is 0. The molecule has 1 N–H and O–H groups in total. The zero-order chi connectivity index (χ0) is 13.6. The highest BCUT2D eigenvalue weighted by molar-refractivity contribution is 7.71. The van der Waals surface area contributed by atoms with Gasteiger partial charge in [-0.15, -0.1) is 0 Å². The number of benzene rings is 1. The molecular formula is C13H14F2N2OS. The molecule has 2 unspecified atom stereocenters. The first-order valence-corrected chi connectivity index (χ1v) is 6.68. The van der Waals surface area contributed by atoms with Crippen molar-refractivity contribution in [2.75, 3.05) is 6.61 Å². The Kier molecular flexibility index (Phi) is 3.14. The average molecular weight is 284 g/mol. The van der Waals surface area contributed by atoms with Gasteiger partial charge < -0.3 is 14.3 Å². The standard InChI is InChI=1S/C13H14F2N2OS/c1-7-6-8(4-5-18-7)17-12-10(16-13(17)19)3-2-9(14)11(12)15/h2-3,7-8H,4-6H2,1H3,(H,16,19). The van der Waals surface area contributed by atoms with Gasteiger partial charge in [0.25, 0.3) is 0 Å². The van der Waals surface area contributed by atoms with E-state index in [1.165, 1.54) is 6.07 Å². The number of halogens is 2. The lowest BCUT2D eigenvalue weighted by Gasteiger charge is -2.28. The molecule has 3 rings (SSSR count). The topological polar surface area (TPSA) is 29.9 Å². The first kappa shape index (κ1) is 12.7. The monoisotopic (exact) mass is 284 g/mol. The fourth-order valence-corrected chi connectivity index (χ4v) is 3.06. The number of imidazole rings is 1. The van der Waals surface area contributed by atoms with Crippen LogP contribution in [0.25, 0.3) is 11.0 Å². The zero-order valence-electron chi connectivity index (χ0n) is 10.5. The molecule has 0 radical (unpaired) electrons. The lowest BCUT2D eigenvalue weighted by molar-refractivity contribution is 0.00638. The number of fused-ring (bicyclic) bond motifs is 1. The van der Waals surface area contributed by atoms with E-state index < -0.39 is 11.6 Å². The van der Waals surface area contributed by atoms with E-state index in [0.717, 1.165) is 18.9 Å². The number of ether oxygens (including phenoxy) is 1. The fraction of sp³-hybridized carbons (Fsp3) is 0.462. The molecular weight excluding hydrogens is 270 g/mol. The minimum absolute atomic E-state index is 0.0429. The largest absolute Gasteiger partial charge is 0.378 e. The van der Waals surface area contributed by atoms with E-state index in [9.17, 15) is 8.78 Å². The van der Waals surface area contributed by atoms with Crippen LogP contribution >= 0.6 is 12.2 Å². The maximum atomic E-state index is 14.0. The normalized spacial score (nSPS) is 23.9. The van der Waals surface area contributed by atoms with Crippen molar-refractivity contribution < 1.29 is 13.5 Å². The molecule has 6 heteroatoms. The highest BCUT2D eigenvalue weighted by Gasteiger charge is 2.25. The Morgan fingerprint density at radius 1 is 1.42 bits per heavy atom. The SMILES string of the molecule is CC1CC(n2c(=S)[nH]c3ccc(F)c(F)c32)CCO1. The van der Waals surface area contributed by atoms with Crippen LogP contribution in [0.15, 0.2) is 12.1 Å². The second kappa shape index (κ2) is 4.68. The van der Waals surface area contributed by atoms with E-state index in [1.807, 2.05) is 6.92 Å². The lowest BCUT2D eigenvalue weighted by Crippen LogP contribution is -2.25. The Balaban J connectivity index is 2.19. The summed E-state index contributed by atoms with van der Waals surface area (Å²) in [6, 6.07) is 2.67. The summed E-state index contributed by atoms with van der Waals surface area (Å²) in [6.07, 6.45) is 1.60. The molecule has 0 aliphatic carbocycles. The molecule has 0 amide bonds. The van der Waals surface area contributed by atoms with Gasteiger partial charge in [-0.1, -0.05) is 0 Å². The number of H-pyrrole nitrogens is 1. The summed E-state index contributed by atoms with van der Waals surface area (Å²) in [5.41, 5.74) is 0.757. The van der Waals surface area contributed by atoms with Crippen molar-refractivity contribution in [2.45, 2.75) is 31.9 Å². The van der Waals surface area contributed by atoms with Gasteiger partial charge in [0, 0.05) is 12.6 Å². The van der Waals surface area contributed by atoms with Gasteiger partial charge in [-0.05, 0) is 44.1 Å². The molecule has 1 aliphatic heterocycles. The predicted octanol–water partition coefficient (Wildman–Crippen LogP) is 3.72. The molecule has 0 spiro atoms. The van der Waals surface area contributed by atoms with E-state index in [-0.39, 0.29) is 17.7 Å². The maximum absolute atomic E-state index is 14.0. The number of rotatable bonds is 1. The number of aromatic amines is 1. The van der Waals surface area contributed by atoms with Crippen molar-refractivity contribution in [3.63, 3.8) is 0 Å². The van der Waals surface area contributed by atoms with Crippen LogP contribution in [0.2, 0.25) is 0 Å². The Labute approximate surface area is 114 Å². The van der Waals surface area contributed by atoms with Gasteiger partial charge in [-0.25, -0.2) is 8.78 Å². The van der Waals surface area contributed by atoms with Gasteiger partial charge in [0.1, 0.15) is 5.52 Å². The Bertz CT molecular complexity index is 679. The molecule has 102 valence electrons. The maximum Gasteiger partial charge on any atom is 0.184 e. The summed E-state index contributed by atoms with van der Waals surface area (Å²) >= 11 is 5.25. The molecule has 1 aromatic carbocycles. The van der Waals surface area contributed by atoms with Gasteiger partial charge in [-0.3, -0.25) is 0 Å². The summed E-state index contributed by atoms with van der Waals surface area (Å²) < 4.78 is 35.1. The number of nitrogens with zero attached hydrogens (tertiary/aromatic N) is 1. The van der Waals surface area contributed by atoms with Crippen LogP contribution in [-0.4, -0.2) is 22.3 Å². The summed E-state index contributed by atoms with van der Waals surface area (Å²) in [4.78, 5) is 2.94. The van der Waals surface area contributed by atoms with Crippen molar-refractivity contribution in [2.24, 2.45) is 0 Å². The number of hydrogen-bond donors (Lipinski definition) is 1. The van der Waals surface area contributed by atoms with Gasteiger partial charge in [-0.2, -0.15) is 0 Å². The molecule has 2 atom stereocenters. The van der Waals surface area contributed by atoms with Gasteiger partial charge in [0.15, 0.2) is 16.4 Å². The predicted molar refractivity (Wildman–Crippen MR) is 70.7 cm³/mol. The molecule has 0 bridgehead atoms. The van der Waals surface area contributed by atoms with Crippen LogP contribution in [0.3, 0.4) is 0 Å². The zero-order valence-corrected chi connectivity index (χ0v) is 11.3. The molecule has 19 heavy (non-hydrogen) atoms.